The zero-order valence-corrected chi connectivity index (χ0v) is 14.8. The van der Waals surface area contributed by atoms with Crippen molar-refractivity contribution in [2.24, 2.45) is 0 Å². The number of benzene rings is 2. The second-order valence-electron chi connectivity index (χ2n) is 6.70. The van der Waals surface area contributed by atoms with Crippen molar-refractivity contribution in [3.8, 4) is 0 Å². The molecule has 0 amide bonds. The predicted octanol–water partition coefficient (Wildman–Crippen LogP) is 3.63. The molecule has 0 spiro atoms. The van der Waals surface area contributed by atoms with Gasteiger partial charge in [0.15, 0.2) is 0 Å². The van der Waals surface area contributed by atoms with Crippen LogP contribution in [0, 0.1) is 0 Å². The molecule has 3 heteroatoms. The topological polar surface area (TPSA) is 26.7 Å². The van der Waals surface area contributed by atoms with Gasteiger partial charge in [0.25, 0.3) is 0 Å². The van der Waals surface area contributed by atoms with Gasteiger partial charge in [-0.3, -0.25) is 4.90 Å². The highest BCUT2D eigenvalue weighted by molar-refractivity contribution is 5.48. The molecule has 2 aromatic rings. The Balaban J connectivity index is 1.68. The second-order valence-corrected chi connectivity index (χ2v) is 6.70. The first-order valence-electron chi connectivity index (χ1n) is 8.99. The van der Waals surface area contributed by atoms with Crippen LogP contribution in [0.15, 0.2) is 54.6 Å². The highest BCUT2D eigenvalue weighted by Gasteiger charge is 2.37. The normalized spacial score (nSPS) is 21.1. The molecule has 0 aliphatic carbocycles. The molecule has 1 aliphatic rings. The van der Waals surface area contributed by atoms with Gasteiger partial charge < -0.3 is 10.0 Å². The summed E-state index contributed by atoms with van der Waals surface area (Å²) in [6, 6.07) is 19.0. The molecule has 1 N–H and O–H groups in total. The van der Waals surface area contributed by atoms with Gasteiger partial charge in [0, 0.05) is 38.4 Å². The average molecular weight is 324 g/mol. The van der Waals surface area contributed by atoms with Gasteiger partial charge in [-0.05, 0) is 43.5 Å². The van der Waals surface area contributed by atoms with Crippen molar-refractivity contribution < 1.29 is 5.11 Å². The summed E-state index contributed by atoms with van der Waals surface area (Å²) in [5, 5.41) is 11.1. The van der Waals surface area contributed by atoms with Crippen LogP contribution in [0.25, 0.3) is 0 Å². The maximum absolute atomic E-state index is 11.1. The number of hydrogen-bond acceptors (Lipinski definition) is 3. The number of hydrogen-bond donors (Lipinski definition) is 1. The van der Waals surface area contributed by atoms with E-state index in [1.54, 1.807) is 0 Å². The van der Waals surface area contributed by atoms with Crippen molar-refractivity contribution in [3.05, 3.63) is 65.7 Å². The number of rotatable bonds is 6. The van der Waals surface area contributed by atoms with Gasteiger partial charge in [0.1, 0.15) is 5.60 Å². The number of nitrogens with zero attached hydrogens (tertiary/aromatic N) is 2. The van der Waals surface area contributed by atoms with Crippen molar-refractivity contribution >= 4 is 5.69 Å². The van der Waals surface area contributed by atoms with Gasteiger partial charge in [-0.2, -0.15) is 0 Å². The fourth-order valence-corrected chi connectivity index (χ4v) is 3.65. The van der Waals surface area contributed by atoms with Crippen LogP contribution in [0.3, 0.4) is 0 Å². The summed E-state index contributed by atoms with van der Waals surface area (Å²) in [4.78, 5) is 4.66. The van der Waals surface area contributed by atoms with E-state index in [1.807, 2.05) is 6.07 Å². The van der Waals surface area contributed by atoms with Crippen LogP contribution < -0.4 is 4.90 Å². The molecule has 1 fully saturated rings. The monoisotopic (exact) mass is 324 g/mol. The highest BCUT2D eigenvalue weighted by Crippen LogP contribution is 2.33. The summed E-state index contributed by atoms with van der Waals surface area (Å²) in [6.07, 6.45) is 0.796. The standard InChI is InChI=1S/C21H28N2O/c1-3-23(4-2)20-12-10-19(11-13-20)21(24)14-15-22(17-21)16-18-8-6-5-7-9-18/h5-13,24H,3-4,14-17H2,1-2H3. The molecule has 1 atom stereocenters. The van der Waals surface area contributed by atoms with Crippen LogP contribution in [0.4, 0.5) is 5.69 Å². The third-order valence-electron chi connectivity index (χ3n) is 5.11. The molecule has 3 rings (SSSR count). The first kappa shape index (κ1) is 17.0. The van der Waals surface area contributed by atoms with Gasteiger partial charge in [-0.25, -0.2) is 0 Å². The molecule has 0 bridgehead atoms. The van der Waals surface area contributed by atoms with Crippen LogP contribution in [-0.2, 0) is 12.1 Å². The summed E-state index contributed by atoms with van der Waals surface area (Å²) < 4.78 is 0. The number of β-amino-alcohol motifs (C(OH)–C–C–N with tert-alkyl or cyclic N) is 1. The van der Waals surface area contributed by atoms with E-state index in [0.717, 1.165) is 38.2 Å². The van der Waals surface area contributed by atoms with Crippen LogP contribution >= 0.6 is 0 Å². The Labute approximate surface area is 145 Å². The van der Waals surface area contributed by atoms with Gasteiger partial charge in [0.05, 0.1) is 0 Å². The van der Waals surface area contributed by atoms with Gasteiger partial charge >= 0.3 is 0 Å². The first-order valence-corrected chi connectivity index (χ1v) is 8.99. The van der Waals surface area contributed by atoms with Crippen molar-refractivity contribution in [2.75, 3.05) is 31.1 Å². The zero-order chi connectivity index (χ0) is 17.0. The summed E-state index contributed by atoms with van der Waals surface area (Å²) in [7, 11) is 0. The van der Waals surface area contributed by atoms with E-state index in [1.165, 1.54) is 11.3 Å². The van der Waals surface area contributed by atoms with E-state index >= 15 is 0 Å². The SMILES string of the molecule is CCN(CC)c1ccc(C2(O)CCN(Cc3ccccc3)C2)cc1. The molecular weight excluding hydrogens is 296 g/mol. The first-order chi connectivity index (χ1) is 11.6. The summed E-state index contributed by atoms with van der Waals surface area (Å²) >= 11 is 0. The Kier molecular flexibility index (Phi) is 5.22. The van der Waals surface area contributed by atoms with Crippen LogP contribution in [0.5, 0.6) is 0 Å². The van der Waals surface area contributed by atoms with Crippen molar-refractivity contribution in [3.63, 3.8) is 0 Å². The van der Waals surface area contributed by atoms with Gasteiger partial charge in [-0.1, -0.05) is 42.5 Å². The molecule has 0 saturated carbocycles. The minimum atomic E-state index is -0.726. The van der Waals surface area contributed by atoms with Gasteiger partial charge in [-0.15, -0.1) is 0 Å². The predicted molar refractivity (Wildman–Crippen MR) is 100 cm³/mol. The lowest BCUT2D eigenvalue weighted by molar-refractivity contribution is 0.0453. The Hall–Kier alpha value is -1.84. The summed E-state index contributed by atoms with van der Waals surface area (Å²) in [5.74, 6) is 0. The van der Waals surface area contributed by atoms with E-state index in [2.05, 4.69) is 72.2 Å². The Bertz CT molecular complexity index is 637. The molecular formula is C21H28N2O. The van der Waals surface area contributed by atoms with Gasteiger partial charge in [0.2, 0.25) is 0 Å². The molecule has 0 aromatic heterocycles. The van der Waals surface area contributed by atoms with E-state index in [0.29, 0.717) is 6.54 Å². The van der Waals surface area contributed by atoms with E-state index in [4.69, 9.17) is 0 Å². The maximum Gasteiger partial charge on any atom is 0.103 e. The largest absolute Gasteiger partial charge is 0.384 e. The third-order valence-corrected chi connectivity index (χ3v) is 5.11. The second kappa shape index (κ2) is 7.37. The maximum atomic E-state index is 11.1. The van der Waals surface area contributed by atoms with Crippen LogP contribution in [0.1, 0.15) is 31.4 Å². The third kappa shape index (κ3) is 3.63. The molecule has 128 valence electrons. The average Bonchev–Trinajstić information content (AvgIpc) is 2.99. The highest BCUT2D eigenvalue weighted by atomic mass is 16.3. The molecule has 3 nitrogen and oxygen atoms in total. The molecule has 1 aliphatic heterocycles. The van der Waals surface area contributed by atoms with Crippen LogP contribution in [0.2, 0.25) is 0 Å². The Morgan fingerprint density at radius 3 is 2.29 bits per heavy atom. The molecule has 1 unspecified atom stereocenters. The fourth-order valence-electron chi connectivity index (χ4n) is 3.65. The molecule has 0 radical (unpaired) electrons. The molecule has 24 heavy (non-hydrogen) atoms. The lowest BCUT2D eigenvalue weighted by Gasteiger charge is -2.26. The molecule has 1 saturated heterocycles. The van der Waals surface area contributed by atoms with Crippen LogP contribution in [-0.4, -0.2) is 36.2 Å². The van der Waals surface area contributed by atoms with Crippen molar-refractivity contribution in [2.45, 2.75) is 32.4 Å². The Morgan fingerprint density at radius 1 is 1.00 bits per heavy atom. The van der Waals surface area contributed by atoms with Crippen molar-refractivity contribution in [1.82, 2.24) is 4.90 Å². The number of anilines is 1. The van der Waals surface area contributed by atoms with Crippen molar-refractivity contribution in [1.29, 1.82) is 0 Å². The lowest BCUT2D eigenvalue weighted by Crippen LogP contribution is -2.30. The summed E-state index contributed by atoms with van der Waals surface area (Å²) in [5.41, 5.74) is 2.84. The van der Waals surface area contributed by atoms with E-state index in [9.17, 15) is 5.11 Å². The Morgan fingerprint density at radius 2 is 1.67 bits per heavy atom. The number of aliphatic hydroxyl groups is 1. The molecule has 2 aromatic carbocycles. The number of likely N-dealkylation sites (tertiary alicyclic amines) is 1. The van der Waals surface area contributed by atoms with E-state index in [-0.39, 0.29) is 0 Å². The lowest BCUT2D eigenvalue weighted by atomic mass is 9.93. The van der Waals surface area contributed by atoms with E-state index < -0.39 is 5.60 Å². The summed E-state index contributed by atoms with van der Waals surface area (Å²) in [6.45, 7) is 8.89. The zero-order valence-electron chi connectivity index (χ0n) is 14.8. The minimum Gasteiger partial charge on any atom is -0.384 e. The quantitative estimate of drug-likeness (QED) is 0.879. The molecule has 1 heterocycles. The fraction of sp³-hybridized carbons (Fsp3) is 0.429. The smallest absolute Gasteiger partial charge is 0.103 e. The minimum absolute atomic E-state index is 0.701.